The maximum absolute atomic E-state index is 12.5. The Bertz CT molecular complexity index is 740. The molecule has 4 nitrogen and oxygen atoms in total. The second-order valence-electron chi connectivity index (χ2n) is 6.81. The molecule has 0 aromatic heterocycles. The van der Waals surface area contributed by atoms with Gasteiger partial charge in [-0.05, 0) is 36.1 Å². The van der Waals surface area contributed by atoms with E-state index in [1.54, 1.807) is 0 Å². The maximum Gasteiger partial charge on any atom is 0.227 e. The van der Waals surface area contributed by atoms with E-state index >= 15 is 0 Å². The fourth-order valence-electron chi connectivity index (χ4n) is 3.44. The van der Waals surface area contributed by atoms with Crippen LogP contribution in [0.25, 0.3) is 0 Å². The van der Waals surface area contributed by atoms with Crippen molar-refractivity contribution in [2.75, 3.05) is 11.4 Å². The lowest BCUT2D eigenvalue weighted by atomic mass is 10.0. The van der Waals surface area contributed by atoms with Crippen LogP contribution in [0.1, 0.15) is 49.8 Å². The molecule has 1 aliphatic rings. The first kappa shape index (κ1) is 18.2. The number of hydrogen-bond acceptors (Lipinski definition) is 2. The average molecular weight is 350 g/mol. The van der Waals surface area contributed by atoms with Crippen LogP contribution < -0.4 is 10.2 Å². The summed E-state index contributed by atoms with van der Waals surface area (Å²) in [5.74, 6) is 0.207. The molecule has 1 saturated heterocycles. The van der Waals surface area contributed by atoms with Crippen LogP contribution in [-0.4, -0.2) is 18.4 Å². The zero-order valence-electron chi connectivity index (χ0n) is 15.3. The van der Waals surface area contributed by atoms with Crippen LogP contribution in [0.2, 0.25) is 0 Å². The molecular weight excluding hydrogens is 324 g/mol. The number of hydrogen-bond donors (Lipinski definition) is 1. The number of anilines is 1. The molecule has 26 heavy (non-hydrogen) atoms. The summed E-state index contributed by atoms with van der Waals surface area (Å²) < 4.78 is 0. The molecule has 2 aromatic rings. The summed E-state index contributed by atoms with van der Waals surface area (Å²) in [6.45, 7) is 2.91. The first-order valence-electron chi connectivity index (χ1n) is 9.41. The molecule has 4 heteroatoms. The van der Waals surface area contributed by atoms with Crippen molar-refractivity contribution in [1.82, 2.24) is 5.32 Å². The van der Waals surface area contributed by atoms with Crippen molar-refractivity contribution in [3.8, 4) is 0 Å². The highest BCUT2D eigenvalue weighted by molar-refractivity contribution is 5.95. The van der Waals surface area contributed by atoms with Crippen LogP contribution in [0.15, 0.2) is 54.6 Å². The number of carbonyl (C=O) groups excluding carboxylic acids is 2. The van der Waals surface area contributed by atoms with Gasteiger partial charge in [-0.25, -0.2) is 0 Å². The van der Waals surface area contributed by atoms with Crippen molar-refractivity contribution >= 4 is 17.5 Å². The Kier molecular flexibility index (Phi) is 6.05. The normalized spacial score (nSPS) is 15.1. The summed E-state index contributed by atoms with van der Waals surface area (Å²) >= 11 is 0. The van der Waals surface area contributed by atoms with Crippen molar-refractivity contribution in [2.24, 2.45) is 0 Å². The van der Waals surface area contributed by atoms with E-state index in [0.717, 1.165) is 42.6 Å². The van der Waals surface area contributed by atoms with Gasteiger partial charge in [0, 0.05) is 18.7 Å². The molecule has 1 heterocycles. The SMILES string of the molecule is CCC[C@H](NC(=O)Cc1ccc(N2CCCC2=O)cc1)c1ccccc1. The minimum absolute atomic E-state index is 0.0253. The lowest BCUT2D eigenvalue weighted by molar-refractivity contribution is -0.121. The molecular formula is C22H26N2O2. The van der Waals surface area contributed by atoms with Crippen molar-refractivity contribution in [3.05, 3.63) is 65.7 Å². The van der Waals surface area contributed by atoms with Crippen molar-refractivity contribution in [1.29, 1.82) is 0 Å². The average Bonchev–Trinajstić information content (AvgIpc) is 3.09. The minimum Gasteiger partial charge on any atom is -0.349 e. The van der Waals surface area contributed by atoms with E-state index < -0.39 is 0 Å². The van der Waals surface area contributed by atoms with Crippen molar-refractivity contribution in [2.45, 2.75) is 45.1 Å². The van der Waals surface area contributed by atoms with Crippen LogP contribution in [0.4, 0.5) is 5.69 Å². The number of benzene rings is 2. The Hall–Kier alpha value is -2.62. The molecule has 0 spiro atoms. The van der Waals surface area contributed by atoms with Gasteiger partial charge in [-0.3, -0.25) is 9.59 Å². The molecule has 136 valence electrons. The molecule has 0 saturated carbocycles. The van der Waals surface area contributed by atoms with E-state index in [-0.39, 0.29) is 17.9 Å². The second kappa shape index (κ2) is 8.65. The van der Waals surface area contributed by atoms with Gasteiger partial charge in [-0.1, -0.05) is 55.8 Å². The number of nitrogens with one attached hydrogen (secondary N) is 1. The molecule has 2 aromatic carbocycles. The third-order valence-corrected chi connectivity index (χ3v) is 4.80. The summed E-state index contributed by atoms with van der Waals surface area (Å²) in [4.78, 5) is 26.1. The Morgan fingerprint density at radius 2 is 1.85 bits per heavy atom. The lowest BCUT2D eigenvalue weighted by Gasteiger charge is -2.19. The van der Waals surface area contributed by atoms with E-state index in [9.17, 15) is 9.59 Å². The Labute approximate surface area is 155 Å². The van der Waals surface area contributed by atoms with Gasteiger partial charge >= 0.3 is 0 Å². The van der Waals surface area contributed by atoms with Crippen molar-refractivity contribution in [3.63, 3.8) is 0 Å². The number of rotatable bonds is 7. The molecule has 1 aliphatic heterocycles. The minimum atomic E-state index is 0.0253. The molecule has 2 amide bonds. The van der Waals surface area contributed by atoms with Crippen LogP contribution in [0.5, 0.6) is 0 Å². The Morgan fingerprint density at radius 1 is 1.12 bits per heavy atom. The van der Waals surface area contributed by atoms with E-state index in [4.69, 9.17) is 0 Å². The third kappa shape index (κ3) is 4.51. The maximum atomic E-state index is 12.5. The van der Waals surface area contributed by atoms with E-state index in [0.29, 0.717) is 12.8 Å². The Balaban J connectivity index is 1.61. The molecule has 1 fully saturated rings. The van der Waals surface area contributed by atoms with Gasteiger partial charge in [0.15, 0.2) is 0 Å². The van der Waals surface area contributed by atoms with Crippen LogP contribution in [-0.2, 0) is 16.0 Å². The van der Waals surface area contributed by atoms with Gasteiger partial charge in [-0.15, -0.1) is 0 Å². The molecule has 1 atom stereocenters. The largest absolute Gasteiger partial charge is 0.349 e. The van der Waals surface area contributed by atoms with Gasteiger partial charge in [0.2, 0.25) is 11.8 Å². The smallest absolute Gasteiger partial charge is 0.227 e. The topological polar surface area (TPSA) is 49.4 Å². The quantitative estimate of drug-likeness (QED) is 0.820. The van der Waals surface area contributed by atoms with Gasteiger partial charge in [0.1, 0.15) is 0 Å². The zero-order chi connectivity index (χ0) is 18.4. The third-order valence-electron chi connectivity index (χ3n) is 4.80. The highest BCUT2D eigenvalue weighted by Crippen LogP contribution is 2.22. The number of nitrogens with zero attached hydrogens (tertiary/aromatic N) is 1. The zero-order valence-corrected chi connectivity index (χ0v) is 15.3. The molecule has 0 radical (unpaired) electrons. The van der Waals surface area contributed by atoms with Gasteiger partial charge in [-0.2, -0.15) is 0 Å². The number of amides is 2. The van der Waals surface area contributed by atoms with E-state index in [1.165, 1.54) is 0 Å². The Morgan fingerprint density at radius 3 is 2.46 bits per heavy atom. The molecule has 1 N–H and O–H groups in total. The summed E-state index contributed by atoms with van der Waals surface area (Å²) in [6, 6.07) is 17.9. The highest BCUT2D eigenvalue weighted by atomic mass is 16.2. The predicted molar refractivity (Wildman–Crippen MR) is 104 cm³/mol. The monoisotopic (exact) mass is 350 g/mol. The fourth-order valence-corrected chi connectivity index (χ4v) is 3.44. The summed E-state index contributed by atoms with van der Waals surface area (Å²) in [5, 5.41) is 3.16. The standard InChI is InChI=1S/C22H26N2O2/c1-2-7-20(18-8-4-3-5-9-18)23-21(25)16-17-11-13-19(14-12-17)24-15-6-10-22(24)26/h3-5,8-9,11-14,20H,2,6-7,10,15-16H2,1H3,(H,23,25)/t20-/m0/s1. The van der Waals surface area contributed by atoms with E-state index in [2.05, 4.69) is 24.4 Å². The van der Waals surface area contributed by atoms with Crippen LogP contribution in [0.3, 0.4) is 0 Å². The fraction of sp³-hybridized carbons (Fsp3) is 0.364. The van der Waals surface area contributed by atoms with Gasteiger partial charge in [0.25, 0.3) is 0 Å². The highest BCUT2D eigenvalue weighted by Gasteiger charge is 2.21. The van der Waals surface area contributed by atoms with E-state index in [1.807, 2.05) is 47.4 Å². The lowest BCUT2D eigenvalue weighted by Crippen LogP contribution is -2.29. The molecule has 0 aliphatic carbocycles. The summed E-state index contributed by atoms with van der Waals surface area (Å²) in [6.07, 6.45) is 3.83. The predicted octanol–water partition coefficient (Wildman–Crippen LogP) is 4.01. The number of carbonyl (C=O) groups is 2. The summed E-state index contributed by atoms with van der Waals surface area (Å²) in [7, 11) is 0. The van der Waals surface area contributed by atoms with Gasteiger partial charge < -0.3 is 10.2 Å². The first-order chi connectivity index (χ1) is 12.7. The molecule has 0 unspecified atom stereocenters. The van der Waals surface area contributed by atoms with Crippen LogP contribution in [0, 0.1) is 0 Å². The molecule has 0 bridgehead atoms. The van der Waals surface area contributed by atoms with Crippen molar-refractivity contribution < 1.29 is 9.59 Å². The van der Waals surface area contributed by atoms with Gasteiger partial charge in [0.05, 0.1) is 12.5 Å². The second-order valence-corrected chi connectivity index (χ2v) is 6.81. The van der Waals surface area contributed by atoms with Crippen LogP contribution >= 0.6 is 0 Å². The molecule has 3 rings (SSSR count). The first-order valence-corrected chi connectivity index (χ1v) is 9.41. The summed E-state index contributed by atoms with van der Waals surface area (Å²) in [5.41, 5.74) is 3.02.